The Labute approximate surface area is 114 Å². The second kappa shape index (κ2) is 6.17. The molecule has 0 bridgehead atoms. The zero-order chi connectivity index (χ0) is 13.7. The number of carbonyl (C=O) groups is 1. The molecule has 0 radical (unpaired) electrons. The molecule has 0 aromatic heterocycles. The molecule has 104 valence electrons. The molecule has 4 nitrogen and oxygen atoms in total. The molecule has 0 spiro atoms. The Kier molecular flexibility index (Phi) is 4.56. The minimum Gasteiger partial charge on any atom is -0.481 e. The fraction of sp³-hybridized carbons (Fsp3) is 0.533. The van der Waals surface area contributed by atoms with E-state index in [2.05, 4.69) is 17.0 Å². The molecule has 3 N–H and O–H groups in total. The van der Waals surface area contributed by atoms with Crippen molar-refractivity contribution in [3.63, 3.8) is 0 Å². The quantitative estimate of drug-likeness (QED) is 0.785. The van der Waals surface area contributed by atoms with E-state index < -0.39 is 5.97 Å². The fourth-order valence-corrected chi connectivity index (χ4v) is 2.98. The van der Waals surface area contributed by atoms with Crippen LogP contribution in [0.15, 0.2) is 30.3 Å². The van der Waals surface area contributed by atoms with Gasteiger partial charge in [-0.2, -0.15) is 0 Å². The second-order valence-corrected chi connectivity index (χ2v) is 5.56. The van der Waals surface area contributed by atoms with Gasteiger partial charge in [0.1, 0.15) is 0 Å². The van der Waals surface area contributed by atoms with Gasteiger partial charge in [-0.3, -0.25) is 9.69 Å². The van der Waals surface area contributed by atoms with E-state index in [-0.39, 0.29) is 11.8 Å². The van der Waals surface area contributed by atoms with Crippen molar-refractivity contribution < 1.29 is 9.90 Å². The van der Waals surface area contributed by atoms with Gasteiger partial charge in [0, 0.05) is 26.1 Å². The van der Waals surface area contributed by atoms with Gasteiger partial charge in [-0.25, -0.2) is 0 Å². The monoisotopic (exact) mass is 262 g/mol. The smallest absolute Gasteiger partial charge is 0.303 e. The number of aliphatic carboxylic acids is 1. The molecular formula is C15H22N2O2. The minimum atomic E-state index is -0.710. The maximum Gasteiger partial charge on any atom is 0.303 e. The van der Waals surface area contributed by atoms with Gasteiger partial charge in [0.25, 0.3) is 0 Å². The van der Waals surface area contributed by atoms with Gasteiger partial charge in [0.2, 0.25) is 0 Å². The van der Waals surface area contributed by atoms with E-state index >= 15 is 0 Å². The average molecular weight is 262 g/mol. The molecule has 0 amide bonds. The number of carboxylic acids is 1. The van der Waals surface area contributed by atoms with Crippen LogP contribution in [0.2, 0.25) is 0 Å². The largest absolute Gasteiger partial charge is 0.481 e. The number of rotatable bonds is 7. The summed E-state index contributed by atoms with van der Waals surface area (Å²) in [6, 6.07) is 10.4. The Balaban J connectivity index is 1.85. The molecule has 1 aromatic rings. The van der Waals surface area contributed by atoms with Gasteiger partial charge in [-0.05, 0) is 30.4 Å². The minimum absolute atomic E-state index is 0.127. The topological polar surface area (TPSA) is 66.6 Å². The number of carboxylic acid groups (broad SMARTS) is 1. The van der Waals surface area contributed by atoms with Crippen molar-refractivity contribution in [2.24, 2.45) is 11.1 Å². The first-order valence-electron chi connectivity index (χ1n) is 6.82. The van der Waals surface area contributed by atoms with Gasteiger partial charge in [0.15, 0.2) is 0 Å². The number of nitrogens with zero attached hydrogens (tertiary/aromatic N) is 1. The second-order valence-electron chi connectivity index (χ2n) is 5.56. The highest BCUT2D eigenvalue weighted by molar-refractivity contribution is 5.66. The van der Waals surface area contributed by atoms with Crippen LogP contribution in [-0.4, -0.2) is 35.6 Å². The van der Waals surface area contributed by atoms with E-state index in [1.165, 1.54) is 5.56 Å². The highest BCUT2D eigenvalue weighted by Crippen LogP contribution is 2.38. The van der Waals surface area contributed by atoms with Crippen LogP contribution in [-0.2, 0) is 11.3 Å². The third-order valence-corrected chi connectivity index (χ3v) is 3.91. The van der Waals surface area contributed by atoms with Crippen molar-refractivity contribution in [2.45, 2.75) is 25.8 Å². The first-order chi connectivity index (χ1) is 9.13. The zero-order valence-electron chi connectivity index (χ0n) is 11.2. The molecule has 0 atom stereocenters. The summed E-state index contributed by atoms with van der Waals surface area (Å²) >= 11 is 0. The van der Waals surface area contributed by atoms with Crippen molar-refractivity contribution in [3.8, 4) is 0 Å². The van der Waals surface area contributed by atoms with Crippen molar-refractivity contribution >= 4 is 5.97 Å². The third kappa shape index (κ3) is 3.78. The first-order valence-corrected chi connectivity index (χ1v) is 6.82. The van der Waals surface area contributed by atoms with Gasteiger partial charge in [-0.1, -0.05) is 30.3 Å². The van der Waals surface area contributed by atoms with Gasteiger partial charge < -0.3 is 10.8 Å². The fourth-order valence-electron chi connectivity index (χ4n) is 2.98. The van der Waals surface area contributed by atoms with Gasteiger partial charge in [-0.15, -0.1) is 0 Å². The third-order valence-electron chi connectivity index (χ3n) is 3.91. The van der Waals surface area contributed by atoms with Crippen molar-refractivity contribution in [2.75, 3.05) is 19.6 Å². The van der Waals surface area contributed by atoms with Crippen LogP contribution in [0.4, 0.5) is 0 Å². The standard InChI is InChI=1S/C15H22N2O2/c16-9-8-15(7-6-14(18)19)11-17(12-15)10-13-4-2-1-3-5-13/h1-5H,6-12,16H2,(H,18,19). The van der Waals surface area contributed by atoms with E-state index in [4.69, 9.17) is 10.8 Å². The summed E-state index contributed by atoms with van der Waals surface area (Å²) in [6.45, 7) is 3.51. The van der Waals surface area contributed by atoms with Crippen LogP contribution >= 0.6 is 0 Å². The molecule has 1 aliphatic heterocycles. The Morgan fingerprint density at radius 2 is 1.95 bits per heavy atom. The van der Waals surface area contributed by atoms with Crippen LogP contribution in [0, 0.1) is 5.41 Å². The molecule has 1 aromatic carbocycles. The molecule has 1 saturated heterocycles. The van der Waals surface area contributed by atoms with Crippen molar-refractivity contribution in [1.82, 2.24) is 4.90 Å². The lowest BCUT2D eigenvalue weighted by Gasteiger charge is -2.50. The molecule has 0 aliphatic carbocycles. The molecule has 1 heterocycles. The summed E-state index contributed by atoms with van der Waals surface area (Å²) in [5.74, 6) is -0.710. The number of benzene rings is 1. The van der Waals surface area contributed by atoms with Crippen LogP contribution in [0.3, 0.4) is 0 Å². The molecule has 0 saturated carbocycles. The molecule has 19 heavy (non-hydrogen) atoms. The summed E-state index contributed by atoms with van der Waals surface area (Å²) in [4.78, 5) is 13.1. The van der Waals surface area contributed by atoms with Crippen LogP contribution in [0.1, 0.15) is 24.8 Å². The van der Waals surface area contributed by atoms with Gasteiger partial charge in [0.05, 0.1) is 0 Å². The summed E-state index contributed by atoms with van der Waals surface area (Å²) < 4.78 is 0. The Morgan fingerprint density at radius 3 is 2.53 bits per heavy atom. The zero-order valence-corrected chi connectivity index (χ0v) is 11.2. The molecule has 2 rings (SSSR count). The number of likely N-dealkylation sites (tertiary alicyclic amines) is 1. The highest BCUT2D eigenvalue weighted by atomic mass is 16.4. The first kappa shape index (κ1) is 14.0. The van der Waals surface area contributed by atoms with E-state index in [0.717, 1.165) is 32.5 Å². The van der Waals surface area contributed by atoms with E-state index in [9.17, 15) is 4.79 Å². The summed E-state index contributed by atoms with van der Waals surface area (Å²) in [5.41, 5.74) is 7.10. The van der Waals surface area contributed by atoms with E-state index in [0.29, 0.717) is 6.54 Å². The number of hydrogen-bond donors (Lipinski definition) is 2. The van der Waals surface area contributed by atoms with Crippen LogP contribution in [0.5, 0.6) is 0 Å². The number of hydrogen-bond acceptors (Lipinski definition) is 3. The predicted octanol–water partition coefficient (Wildman–Crippen LogP) is 1.70. The normalized spacial score (nSPS) is 17.9. The lowest BCUT2D eigenvalue weighted by molar-refractivity contribution is -0.138. The molecule has 4 heteroatoms. The van der Waals surface area contributed by atoms with E-state index in [1.807, 2.05) is 18.2 Å². The number of nitrogens with two attached hydrogens (primary N) is 1. The Bertz CT molecular complexity index is 413. The van der Waals surface area contributed by atoms with Gasteiger partial charge >= 0.3 is 5.97 Å². The molecule has 0 unspecified atom stereocenters. The Morgan fingerprint density at radius 1 is 1.26 bits per heavy atom. The lowest BCUT2D eigenvalue weighted by atomic mass is 9.73. The highest BCUT2D eigenvalue weighted by Gasteiger charge is 2.41. The summed E-state index contributed by atoms with van der Waals surface area (Å²) in [5, 5.41) is 8.82. The average Bonchev–Trinajstić information content (AvgIpc) is 2.35. The lowest BCUT2D eigenvalue weighted by Crippen LogP contribution is -2.56. The molecule has 1 fully saturated rings. The SMILES string of the molecule is NCCC1(CCC(=O)O)CN(Cc2ccccc2)C1. The van der Waals surface area contributed by atoms with Crippen molar-refractivity contribution in [1.29, 1.82) is 0 Å². The Hall–Kier alpha value is -1.39. The van der Waals surface area contributed by atoms with E-state index in [1.54, 1.807) is 0 Å². The summed E-state index contributed by atoms with van der Waals surface area (Å²) in [7, 11) is 0. The van der Waals surface area contributed by atoms with Crippen molar-refractivity contribution in [3.05, 3.63) is 35.9 Å². The predicted molar refractivity (Wildman–Crippen MR) is 74.7 cm³/mol. The molecular weight excluding hydrogens is 240 g/mol. The van der Waals surface area contributed by atoms with Crippen LogP contribution < -0.4 is 5.73 Å². The van der Waals surface area contributed by atoms with Crippen LogP contribution in [0.25, 0.3) is 0 Å². The maximum absolute atomic E-state index is 10.7. The summed E-state index contributed by atoms with van der Waals surface area (Å²) in [6.07, 6.45) is 1.91. The molecule has 1 aliphatic rings. The maximum atomic E-state index is 10.7.